The molecule has 0 aromatic carbocycles. The molecule has 0 saturated heterocycles. The zero-order chi connectivity index (χ0) is 13.7. The quantitative estimate of drug-likeness (QED) is 0.719. The lowest BCUT2D eigenvalue weighted by molar-refractivity contribution is 0.189. The lowest BCUT2D eigenvalue weighted by Crippen LogP contribution is -2.35. The summed E-state index contributed by atoms with van der Waals surface area (Å²) >= 11 is 0. The van der Waals surface area contributed by atoms with Gasteiger partial charge in [0.05, 0.1) is 0 Å². The minimum Gasteiger partial charge on any atom is -0.327 e. The van der Waals surface area contributed by atoms with Gasteiger partial charge < -0.3 is 5.73 Å². The second-order valence-corrected chi connectivity index (χ2v) is 7.55. The topological polar surface area (TPSA) is 26.0 Å². The maximum absolute atomic E-state index is 6.45. The SMILES string of the molecule is CC(C)CC(C)CC(N)C1CCC(C(C)C)CC1. The van der Waals surface area contributed by atoms with Gasteiger partial charge in [0, 0.05) is 6.04 Å². The van der Waals surface area contributed by atoms with E-state index >= 15 is 0 Å². The first-order valence-corrected chi connectivity index (χ1v) is 8.15. The molecular formula is C17H35N. The first-order valence-electron chi connectivity index (χ1n) is 8.15. The molecule has 0 heterocycles. The third-order valence-corrected chi connectivity index (χ3v) is 4.91. The van der Waals surface area contributed by atoms with Crippen LogP contribution in [0.3, 0.4) is 0 Å². The number of hydrogen-bond donors (Lipinski definition) is 1. The Morgan fingerprint density at radius 1 is 0.833 bits per heavy atom. The molecule has 1 heteroatoms. The van der Waals surface area contributed by atoms with Crippen molar-refractivity contribution in [3.05, 3.63) is 0 Å². The van der Waals surface area contributed by atoms with E-state index in [1.54, 1.807) is 0 Å². The third kappa shape index (κ3) is 5.30. The summed E-state index contributed by atoms with van der Waals surface area (Å²) in [6.45, 7) is 11.7. The fourth-order valence-corrected chi connectivity index (χ4v) is 3.80. The summed E-state index contributed by atoms with van der Waals surface area (Å²) in [5.41, 5.74) is 6.45. The van der Waals surface area contributed by atoms with E-state index in [4.69, 9.17) is 5.73 Å². The summed E-state index contributed by atoms with van der Waals surface area (Å²) in [5, 5.41) is 0. The molecule has 2 N–H and O–H groups in total. The van der Waals surface area contributed by atoms with Gasteiger partial charge in [0.2, 0.25) is 0 Å². The molecule has 18 heavy (non-hydrogen) atoms. The monoisotopic (exact) mass is 253 g/mol. The van der Waals surface area contributed by atoms with Crippen LogP contribution >= 0.6 is 0 Å². The Morgan fingerprint density at radius 3 is 1.78 bits per heavy atom. The molecule has 1 aliphatic carbocycles. The van der Waals surface area contributed by atoms with Crippen molar-refractivity contribution < 1.29 is 0 Å². The predicted molar refractivity (Wildman–Crippen MR) is 81.5 cm³/mol. The lowest BCUT2D eigenvalue weighted by atomic mass is 9.73. The van der Waals surface area contributed by atoms with E-state index in [9.17, 15) is 0 Å². The molecule has 1 saturated carbocycles. The zero-order valence-corrected chi connectivity index (χ0v) is 13.3. The highest BCUT2D eigenvalue weighted by atomic mass is 14.7. The lowest BCUT2D eigenvalue weighted by Gasteiger charge is -2.35. The Bertz CT molecular complexity index is 214. The van der Waals surface area contributed by atoms with Gasteiger partial charge in [-0.05, 0) is 68.1 Å². The van der Waals surface area contributed by atoms with Gasteiger partial charge in [-0.1, -0.05) is 34.6 Å². The highest BCUT2D eigenvalue weighted by Gasteiger charge is 2.27. The zero-order valence-electron chi connectivity index (χ0n) is 13.3. The second-order valence-electron chi connectivity index (χ2n) is 7.55. The molecule has 0 aliphatic heterocycles. The second kappa shape index (κ2) is 7.53. The third-order valence-electron chi connectivity index (χ3n) is 4.91. The van der Waals surface area contributed by atoms with Crippen LogP contribution in [0.2, 0.25) is 0 Å². The molecule has 1 rings (SSSR count). The fraction of sp³-hybridized carbons (Fsp3) is 1.00. The van der Waals surface area contributed by atoms with Crippen LogP contribution in [0.1, 0.15) is 73.1 Å². The summed E-state index contributed by atoms with van der Waals surface area (Å²) in [6, 6.07) is 0.451. The van der Waals surface area contributed by atoms with Crippen LogP contribution in [0.4, 0.5) is 0 Å². The average molecular weight is 253 g/mol. The summed E-state index contributed by atoms with van der Waals surface area (Å²) in [6.07, 6.45) is 8.13. The summed E-state index contributed by atoms with van der Waals surface area (Å²) in [5.74, 6) is 4.23. The molecule has 108 valence electrons. The van der Waals surface area contributed by atoms with E-state index in [0.717, 1.165) is 29.6 Å². The summed E-state index contributed by atoms with van der Waals surface area (Å²) in [4.78, 5) is 0. The molecular weight excluding hydrogens is 218 g/mol. The van der Waals surface area contributed by atoms with Crippen molar-refractivity contribution in [3.63, 3.8) is 0 Å². The van der Waals surface area contributed by atoms with Crippen molar-refractivity contribution in [2.24, 2.45) is 35.3 Å². The van der Waals surface area contributed by atoms with Crippen LogP contribution in [-0.2, 0) is 0 Å². The molecule has 2 atom stereocenters. The van der Waals surface area contributed by atoms with E-state index in [0.29, 0.717) is 6.04 Å². The van der Waals surface area contributed by atoms with Gasteiger partial charge in [-0.2, -0.15) is 0 Å². The molecule has 0 aromatic rings. The predicted octanol–water partition coefficient (Wildman–Crippen LogP) is 4.85. The Kier molecular flexibility index (Phi) is 6.70. The molecule has 0 amide bonds. The smallest absolute Gasteiger partial charge is 0.00697 e. The van der Waals surface area contributed by atoms with Gasteiger partial charge >= 0.3 is 0 Å². The number of hydrogen-bond acceptors (Lipinski definition) is 1. The van der Waals surface area contributed by atoms with Crippen LogP contribution in [0, 0.1) is 29.6 Å². The van der Waals surface area contributed by atoms with Gasteiger partial charge in [-0.25, -0.2) is 0 Å². The molecule has 1 nitrogen and oxygen atoms in total. The molecule has 0 radical (unpaired) electrons. The highest BCUT2D eigenvalue weighted by Crippen LogP contribution is 2.35. The molecule has 0 bridgehead atoms. The maximum atomic E-state index is 6.45. The standard InChI is InChI=1S/C17H35N/c1-12(2)10-14(5)11-17(18)16-8-6-15(7-9-16)13(3)4/h12-17H,6-11,18H2,1-5H3. The average Bonchev–Trinajstić information content (AvgIpc) is 2.27. The van der Waals surface area contributed by atoms with Crippen molar-refractivity contribution in [1.29, 1.82) is 0 Å². The molecule has 1 fully saturated rings. The van der Waals surface area contributed by atoms with E-state index in [2.05, 4.69) is 34.6 Å². The first kappa shape index (κ1) is 16.0. The summed E-state index contributed by atoms with van der Waals surface area (Å²) < 4.78 is 0. The van der Waals surface area contributed by atoms with Crippen molar-refractivity contribution in [3.8, 4) is 0 Å². The Balaban J connectivity index is 2.29. The van der Waals surface area contributed by atoms with Crippen molar-refractivity contribution in [2.75, 3.05) is 0 Å². The van der Waals surface area contributed by atoms with Crippen molar-refractivity contribution >= 4 is 0 Å². The van der Waals surface area contributed by atoms with E-state index < -0.39 is 0 Å². The van der Waals surface area contributed by atoms with E-state index in [1.807, 2.05) is 0 Å². The Hall–Kier alpha value is -0.0400. The normalized spacial score (nSPS) is 28.7. The molecule has 0 spiro atoms. The van der Waals surface area contributed by atoms with Crippen LogP contribution in [-0.4, -0.2) is 6.04 Å². The minimum absolute atomic E-state index is 0.451. The highest BCUT2D eigenvalue weighted by molar-refractivity contribution is 4.82. The minimum atomic E-state index is 0.451. The number of nitrogens with two attached hydrogens (primary N) is 1. The van der Waals surface area contributed by atoms with Crippen LogP contribution in [0.5, 0.6) is 0 Å². The van der Waals surface area contributed by atoms with Gasteiger partial charge in [0.15, 0.2) is 0 Å². The first-order chi connectivity index (χ1) is 8.40. The van der Waals surface area contributed by atoms with Crippen LogP contribution in [0.15, 0.2) is 0 Å². The Labute approximate surface area is 115 Å². The fourth-order valence-electron chi connectivity index (χ4n) is 3.80. The maximum Gasteiger partial charge on any atom is 0.00697 e. The molecule has 2 unspecified atom stereocenters. The van der Waals surface area contributed by atoms with Crippen molar-refractivity contribution in [1.82, 2.24) is 0 Å². The van der Waals surface area contributed by atoms with Crippen molar-refractivity contribution in [2.45, 2.75) is 79.2 Å². The van der Waals surface area contributed by atoms with Gasteiger partial charge in [0.1, 0.15) is 0 Å². The molecule has 1 aliphatic rings. The van der Waals surface area contributed by atoms with Gasteiger partial charge in [0.25, 0.3) is 0 Å². The molecule has 0 aromatic heterocycles. The number of rotatable bonds is 6. The van der Waals surface area contributed by atoms with Crippen LogP contribution in [0.25, 0.3) is 0 Å². The van der Waals surface area contributed by atoms with Crippen LogP contribution < -0.4 is 5.73 Å². The van der Waals surface area contributed by atoms with Gasteiger partial charge in [-0.15, -0.1) is 0 Å². The van der Waals surface area contributed by atoms with E-state index in [-0.39, 0.29) is 0 Å². The largest absolute Gasteiger partial charge is 0.327 e. The Morgan fingerprint density at radius 2 is 1.33 bits per heavy atom. The van der Waals surface area contributed by atoms with E-state index in [1.165, 1.54) is 38.5 Å². The summed E-state index contributed by atoms with van der Waals surface area (Å²) in [7, 11) is 0. The van der Waals surface area contributed by atoms with Gasteiger partial charge in [-0.3, -0.25) is 0 Å².